The van der Waals surface area contributed by atoms with Gasteiger partial charge in [0, 0.05) is 11.6 Å². The molecule has 0 spiro atoms. The molecule has 2 N–H and O–H groups in total. The lowest BCUT2D eigenvalue weighted by atomic mass is 10.1. The maximum absolute atomic E-state index is 11.6. The van der Waals surface area contributed by atoms with E-state index in [1.54, 1.807) is 25.1 Å². The summed E-state index contributed by atoms with van der Waals surface area (Å²) >= 11 is 0. The van der Waals surface area contributed by atoms with E-state index in [-0.39, 0.29) is 17.7 Å². The van der Waals surface area contributed by atoms with E-state index in [1.807, 2.05) is 6.92 Å². The molecular weight excluding hydrogens is 190 g/mol. The number of phenolic OH excluding ortho intramolecular Hbond substituents is 1. The van der Waals surface area contributed by atoms with Crippen LogP contribution in [0.3, 0.4) is 0 Å². The Hall–Kier alpha value is -1.77. The highest BCUT2D eigenvalue weighted by Gasteiger charge is 2.08. The second-order valence-corrected chi connectivity index (χ2v) is 3.50. The molecule has 3 nitrogen and oxygen atoms in total. The number of phenols is 1. The van der Waals surface area contributed by atoms with E-state index in [1.165, 1.54) is 6.07 Å². The first-order chi connectivity index (χ1) is 7.04. The molecule has 15 heavy (non-hydrogen) atoms. The number of benzene rings is 1. The van der Waals surface area contributed by atoms with Crippen molar-refractivity contribution in [2.45, 2.75) is 19.9 Å². The van der Waals surface area contributed by atoms with E-state index >= 15 is 0 Å². The van der Waals surface area contributed by atoms with Crippen molar-refractivity contribution in [1.82, 2.24) is 5.32 Å². The number of rotatable bonds is 3. The summed E-state index contributed by atoms with van der Waals surface area (Å²) in [5.41, 5.74) is 1.20. The summed E-state index contributed by atoms with van der Waals surface area (Å²) in [6.07, 6.45) is 1.64. The van der Waals surface area contributed by atoms with Gasteiger partial charge in [-0.3, -0.25) is 4.79 Å². The third-order valence-electron chi connectivity index (χ3n) is 2.18. The van der Waals surface area contributed by atoms with Crippen LogP contribution in [0.4, 0.5) is 0 Å². The minimum atomic E-state index is -0.210. The molecule has 1 unspecified atom stereocenters. The minimum Gasteiger partial charge on any atom is -0.508 e. The number of nitrogens with one attached hydrogen (secondary N) is 1. The summed E-state index contributed by atoms with van der Waals surface area (Å²) in [4.78, 5) is 11.6. The van der Waals surface area contributed by atoms with Gasteiger partial charge in [-0.05, 0) is 31.5 Å². The predicted octanol–water partition coefficient (Wildman–Crippen LogP) is 2.00. The van der Waals surface area contributed by atoms with Crippen molar-refractivity contribution in [3.8, 4) is 5.75 Å². The number of carbonyl (C=O) groups is 1. The van der Waals surface area contributed by atoms with E-state index in [2.05, 4.69) is 11.9 Å². The van der Waals surface area contributed by atoms with E-state index in [4.69, 9.17) is 0 Å². The Labute approximate surface area is 89.4 Å². The molecule has 0 saturated carbocycles. The van der Waals surface area contributed by atoms with Gasteiger partial charge in [0.05, 0.1) is 0 Å². The molecule has 0 saturated heterocycles. The molecule has 1 rings (SSSR count). The fraction of sp³-hybridized carbons (Fsp3) is 0.250. The maximum Gasteiger partial charge on any atom is 0.251 e. The van der Waals surface area contributed by atoms with Gasteiger partial charge < -0.3 is 10.4 Å². The second kappa shape index (κ2) is 4.64. The van der Waals surface area contributed by atoms with Gasteiger partial charge >= 0.3 is 0 Å². The lowest BCUT2D eigenvalue weighted by molar-refractivity contribution is 0.0946. The Morgan fingerprint density at radius 3 is 2.80 bits per heavy atom. The van der Waals surface area contributed by atoms with Gasteiger partial charge in [0.2, 0.25) is 0 Å². The zero-order valence-corrected chi connectivity index (χ0v) is 8.95. The van der Waals surface area contributed by atoms with Gasteiger partial charge in [-0.2, -0.15) is 0 Å². The first-order valence-corrected chi connectivity index (χ1v) is 4.77. The SMILES string of the molecule is C=CC(C)NC(=O)c1ccc(C)c(O)c1. The van der Waals surface area contributed by atoms with Gasteiger partial charge in [-0.15, -0.1) is 6.58 Å². The van der Waals surface area contributed by atoms with Crippen LogP contribution in [0.15, 0.2) is 30.9 Å². The molecule has 0 heterocycles. The third-order valence-corrected chi connectivity index (χ3v) is 2.18. The lowest BCUT2D eigenvalue weighted by Gasteiger charge is -2.09. The smallest absolute Gasteiger partial charge is 0.251 e. The van der Waals surface area contributed by atoms with Crippen molar-refractivity contribution in [2.75, 3.05) is 0 Å². The number of aromatic hydroxyl groups is 1. The molecule has 1 atom stereocenters. The van der Waals surface area contributed by atoms with Crippen molar-refractivity contribution >= 4 is 5.91 Å². The summed E-state index contributed by atoms with van der Waals surface area (Å²) in [5.74, 6) is -0.0772. The Morgan fingerprint density at radius 1 is 1.60 bits per heavy atom. The zero-order valence-electron chi connectivity index (χ0n) is 8.95. The molecule has 0 radical (unpaired) electrons. The normalized spacial score (nSPS) is 11.9. The van der Waals surface area contributed by atoms with Crippen molar-refractivity contribution in [1.29, 1.82) is 0 Å². The van der Waals surface area contributed by atoms with Crippen LogP contribution in [-0.2, 0) is 0 Å². The van der Waals surface area contributed by atoms with Crippen LogP contribution in [0.2, 0.25) is 0 Å². The van der Waals surface area contributed by atoms with Gasteiger partial charge in [-0.25, -0.2) is 0 Å². The summed E-state index contributed by atoms with van der Waals surface area (Å²) in [5, 5.41) is 12.2. The van der Waals surface area contributed by atoms with Crippen LogP contribution in [-0.4, -0.2) is 17.1 Å². The molecule has 0 aliphatic heterocycles. The number of hydrogen-bond donors (Lipinski definition) is 2. The van der Waals surface area contributed by atoms with E-state index in [0.29, 0.717) is 5.56 Å². The van der Waals surface area contributed by atoms with Gasteiger partial charge in [0.15, 0.2) is 0 Å². The largest absolute Gasteiger partial charge is 0.508 e. The summed E-state index contributed by atoms with van der Waals surface area (Å²) in [6.45, 7) is 7.19. The number of aryl methyl sites for hydroxylation is 1. The van der Waals surface area contributed by atoms with Crippen molar-refractivity contribution < 1.29 is 9.90 Å². The second-order valence-electron chi connectivity index (χ2n) is 3.50. The average molecular weight is 205 g/mol. The number of hydrogen-bond acceptors (Lipinski definition) is 2. The summed E-state index contributed by atoms with van der Waals surface area (Å²) in [7, 11) is 0. The van der Waals surface area contributed by atoms with E-state index in [0.717, 1.165) is 5.56 Å². The molecular formula is C12H15NO2. The fourth-order valence-corrected chi connectivity index (χ4v) is 1.10. The molecule has 0 fully saturated rings. The van der Waals surface area contributed by atoms with Crippen LogP contribution in [0.1, 0.15) is 22.8 Å². The lowest BCUT2D eigenvalue weighted by Crippen LogP contribution is -2.30. The molecule has 1 aromatic rings. The molecule has 1 aromatic carbocycles. The van der Waals surface area contributed by atoms with Crippen LogP contribution < -0.4 is 5.32 Å². The van der Waals surface area contributed by atoms with Crippen LogP contribution >= 0.6 is 0 Å². The van der Waals surface area contributed by atoms with Crippen molar-refractivity contribution in [3.63, 3.8) is 0 Å². The molecule has 0 bridgehead atoms. The van der Waals surface area contributed by atoms with E-state index < -0.39 is 0 Å². The van der Waals surface area contributed by atoms with Crippen LogP contribution in [0.25, 0.3) is 0 Å². The Kier molecular flexibility index (Phi) is 3.50. The Morgan fingerprint density at radius 2 is 2.27 bits per heavy atom. The monoisotopic (exact) mass is 205 g/mol. The fourth-order valence-electron chi connectivity index (χ4n) is 1.10. The third kappa shape index (κ3) is 2.84. The van der Waals surface area contributed by atoms with Crippen molar-refractivity contribution in [2.24, 2.45) is 0 Å². The van der Waals surface area contributed by atoms with E-state index in [9.17, 15) is 9.90 Å². The quantitative estimate of drug-likeness (QED) is 0.741. The predicted molar refractivity (Wildman–Crippen MR) is 60.0 cm³/mol. The summed E-state index contributed by atoms with van der Waals surface area (Å²) in [6, 6.07) is 4.77. The van der Waals surface area contributed by atoms with Gasteiger partial charge in [0.25, 0.3) is 5.91 Å². The highest BCUT2D eigenvalue weighted by molar-refractivity contribution is 5.95. The molecule has 80 valence electrons. The number of carbonyl (C=O) groups excluding carboxylic acids is 1. The standard InChI is InChI=1S/C12H15NO2/c1-4-9(3)13-12(15)10-6-5-8(2)11(14)7-10/h4-7,9,14H,1H2,2-3H3,(H,13,15). The van der Waals surface area contributed by atoms with Gasteiger partial charge in [0.1, 0.15) is 5.75 Å². The molecule has 0 aliphatic carbocycles. The molecule has 0 aliphatic rings. The van der Waals surface area contributed by atoms with Crippen molar-refractivity contribution in [3.05, 3.63) is 42.0 Å². The van der Waals surface area contributed by atoms with Crippen LogP contribution in [0.5, 0.6) is 5.75 Å². The first-order valence-electron chi connectivity index (χ1n) is 4.77. The maximum atomic E-state index is 11.6. The molecule has 3 heteroatoms. The Balaban J connectivity index is 2.83. The zero-order chi connectivity index (χ0) is 11.4. The van der Waals surface area contributed by atoms with Crippen LogP contribution in [0, 0.1) is 6.92 Å². The first kappa shape index (κ1) is 11.3. The summed E-state index contributed by atoms with van der Waals surface area (Å²) < 4.78 is 0. The molecule has 0 aromatic heterocycles. The van der Waals surface area contributed by atoms with Gasteiger partial charge in [-0.1, -0.05) is 12.1 Å². The average Bonchev–Trinajstić information content (AvgIpc) is 2.21. The highest BCUT2D eigenvalue weighted by Crippen LogP contribution is 2.17. The topological polar surface area (TPSA) is 49.3 Å². The highest BCUT2D eigenvalue weighted by atomic mass is 16.3. The minimum absolute atomic E-state index is 0.0825. The number of amides is 1. The molecule has 1 amide bonds. The Bertz CT molecular complexity index is 385.